The third-order valence-electron chi connectivity index (χ3n) is 3.49. The Kier molecular flexibility index (Phi) is 3.58. The fourth-order valence-electron chi connectivity index (χ4n) is 2.46. The molecule has 0 aliphatic heterocycles. The van der Waals surface area contributed by atoms with Crippen LogP contribution in [-0.2, 0) is 13.1 Å². The van der Waals surface area contributed by atoms with Crippen molar-refractivity contribution in [2.24, 2.45) is 5.73 Å². The highest BCUT2D eigenvalue weighted by atomic mass is 19.1. The number of methoxy groups -OCH3 is 1. The fourth-order valence-corrected chi connectivity index (χ4v) is 2.46. The molecule has 3 aromatic rings. The van der Waals surface area contributed by atoms with Gasteiger partial charge in [0.25, 0.3) is 0 Å². The maximum Gasteiger partial charge on any atom is 0.149 e. The fraction of sp³-hybridized carbons (Fsp3) is 0.188. The minimum atomic E-state index is -0.307. The second-order valence-corrected chi connectivity index (χ2v) is 4.84. The van der Waals surface area contributed by atoms with Crippen LogP contribution in [0.15, 0.2) is 42.6 Å². The van der Waals surface area contributed by atoms with E-state index >= 15 is 0 Å². The largest absolute Gasteiger partial charge is 0.496 e. The minimum absolute atomic E-state index is 0.307. The van der Waals surface area contributed by atoms with Crippen LogP contribution in [0.3, 0.4) is 0 Å². The van der Waals surface area contributed by atoms with E-state index in [-0.39, 0.29) is 5.82 Å². The van der Waals surface area contributed by atoms with Crippen molar-refractivity contribution in [3.05, 3.63) is 59.5 Å². The number of nitrogens with two attached hydrogens (primary N) is 1. The second-order valence-electron chi connectivity index (χ2n) is 4.84. The van der Waals surface area contributed by atoms with Crippen LogP contribution in [0.25, 0.3) is 10.9 Å². The maximum absolute atomic E-state index is 14.1. The first kappa shape index (κ1) is 13.6. The quantitative estimate of drug-likeness (QED) is 0.802. The number of hydrogen-bond acceptors (Lipinski definition) is 3. The summed E-state index contributed by atoms with van der Waals surface area (Å²) in [7, 11) is 1.56. The zero-order valence-electron chi connectivity index (χ0n) is 11.7. The summed E-state index contributed by atoms with van der Waals surface area (Å²) in [6.07, 6.45) is 1.63. The zero-order chi connectivity index (χ0) is 14.8. The molecule has 0 amide bonds. The maximum atomic E-state index is 14.1. The van der Waals surface area contributed by atoms with E-state index in [0.29, 0.717) is 29.7 Å². The van der Waals surface area contributed by atoms with Crippen LogP contribution in [0.2, 0.25) is 0 Å². The molecule has 0 saturated heterocycles. The van der Waals surface area contributed by atoms with Crippen molar-refractivity contribution in [1.29, 1.82) is 0 Å². The molecule has 0 unspecified atom stereocenters. The third kappa shape index (κ3) is 2.48. The first-order chi connectivity index (χ1) is 10.2. The summed E-state index contributed by atoms with van der Waals surface area (Å²) in [6.45, 7) is 0.970. The highest BCUT2D eigenvalue weighted by Gasteiger charge is 2.13. The molecular formula is C16H16FN3O. The standard InChI is InChI=1S/C16H16FN3O/c1-21-15-6-5-14(17)16-13(15)9-19-20(16)10-12-4-2-3-11(7-12)8-18/h2-7,9H,8,10,18H2,1H3. The summed E-state index contributed by atoms with van der Waals surface area (Å²) in [5, 5.41) is 4.95. The highest BCUT2D eigenvalue weighted by molar-refractivity contribution is 5.85. The topological polar surface area (TPSA) is 53.1 Å². The molecule has 5 heteroatoms. The summed E-state index contributed by atoms with van der Waals surface area (Å²) in [6, 6.07) is 10.9. The van der Waals surface area contributed by atoms with Gasteiger partial charge in [0, 0.05) is 6.54 Å². The zero-order valence-corrected chi connectivity index (χ0v) is 11.7. The molecular weight excluding hydrogens is 269 g/mol. The van der Waals surface area contributed by atoms with Crippen LogP contribution < -0.4 is 10.5 Å². The highest BCUT2D eigenvalue weighted by Crippen LogP contribution is 2.27. The molecule has 0 aliphatic rings. The van der Waals surface area contributed by atoms with Crippen molar-refractivity contribution in [3.8, 4) is 5.75 Å². The number of aromatic nitrogens is 2. The van der Waals surface area contributed by atoms with E-state index in [9.17, 15) is 4.39 Å². The van der Waals surface area contributed by atoms with Gasteiger partial charge in [-0.15, -0.1) is 0 Å². The molecule has 0 radical (unpaired) electrons. The number of halogens is 1. The molecule has 2 aromatic carbocycles. The molecule has 108 valence electrons. The van der Waals surface area contributed by atoms with E-state index < -0.39 is 0 Å². The van der Waals surface area contributed by atoms with E-state index in [2.05, 4.69) is 5.10 Å². The van der Waals surface area contributed by atoms with Gasteiger partial charge >= 0.3 is 0 Å². The van der Waals surface area contributed by atoms with Gasteiger partial charge in [-0.25, -0.2) is 4.39 Å². The Morgan fingerprint density at radius 2 is 2.05 bits per heavy atom. The van der Waals surface area contributed by atoms with E-state index in [1.807, 2.05) is 24.3 Å². The number of benzene rings is 2. The molecule has 21 heavy (non-hydrogen) atoms. The Balaban J connectivity index is 2.04. The lowest BCUT2D eigenvalue weighted by Crippen LogP contribution is -2.04. The lowest BCUT2D eigenvalue weighted by molar-refractivity contribution is 0.419. The molecule has 2 N–H and O–H groups in total. The van der Waals surface area contributed by atoms with Gasteiger partial charge in [-0.1, -0.05) is 24.3 Å². The van der Waals surface area contributed by atoms with Gasteiger partial charge in [0.05, 0.1) is 25.2 Å². The second kappa shape index (κ2) is 5.54. The smallest absolute Gasteiger partial charge is 0.149 e. The van der Waals surface area contributed by atoms with Crippen LogP contribution in [0.5, 0.6) is 5.75 Å². The molecule has 0 bridgehead atoms. The van der Waals surface area contributed by atoms with Crippen LogP contribution in [-0.4, -0.2) is 16.9 Å². The van der Waals surface area contributed by atoms with E-state index in [1.54, 1.807) is 24.1 Å². The average Bonchev–Trinajstić information content (AvgIpc) is 2.93. The first-order valence-electron chi connectivity index (χ1n) is 6.69. The Morgan fingerprint density at radius 3 is 2.81 bits per heavy atom. The van der Waals surface area contributed by atoms with Gasteiger partial charge in [-0.3, -0.25) is 4.68 Å². The van der Waals surface area contributed by atoms with Crippen LogP contribution in [0.1, 0.15) is 11.1 Å². The molecule has 0 saturated carbocycles. The monoisotopic (exact) mass is 285 g/mol. The lowest BCUT2D eigenvalue weighted by atomic mass is 10.1. The van der Waals surface area contributed by atoms with Crippen molar-refractivity contribution < 1.29 is 9.13 Å². The summed E-state index contributed by atoms with van der Waals surface area (Å²) < 4.78 is 21.0. The minimum Gasteiger partial charge on any atom is -0.496 e. The van der Waals surface area contributed by atoms with Gasteiger partial charge in [0.1, 0.15) is 17.1 Å². The summed E-state index contributed by atoms with van der Waals surface area (Å²) in [5.41, 5.74) is 8.17. The molecule has 3 rings (SSSR count). The third-order valence-corrected chi connectivity index (χ3v) is 3.49. The summed E-state index contributed by atoms with van der Waals surface area (Å²) in [4.78, 5) is 0. The lowest BCUT2D eigenvalue weighted by Gasteiger charge is -2.07. The first-order valence-corrected chi connectivity index (χ1v) is 6.69. The normalized spacial score (nSPS) is 11.0. The molecule has 4 nitrogen and oxygen atoms in total. The number of fused-ring (bicyclic) bond motifs is 1. The molecule has 0 spiro atoms. The van der Waals surface area contributed by atoms with Gasteiger partial charge in [0.15, 0.2) is 0 Å². The number of ether oxygens (including phenoxy) is 1. The number of rotatable bonds is 4. The number of hydrogen-bond donors (Lipinski definition) is 1. The van der Waals surface area contributed by atoms with E-state index in [0.717, 1.165) is 11.1 Å². The molecule has 1 aromatic heterocycles. The van der Waals surface area contributed by atoms with Crippen molar-refractivity contribution in [2.45, 2.75) is 13.1 Å². The van der Waals surface area contributed by atoms with Gasteiger partial charge < -0.3 is 10.5 Å². The van der Waals surface area contributed by atoms with Crippen molar-refractivity contribution in [2.75, 3.05) is 7.11 Å². The average molecular weight is 285 g/mol. The summed E-state index contributed by atoms with van der Waals surface area (Å²) in [5.74, 6) is 0.312. The molecule has 1 heterocycles. The Labute approximate surface area is 121 Å². The van der Waals surface area contributed by atoms with E-state index in [4.69, 9.17) is 10.5 Å². The van der Waals surface area contributed by atoms with Crippen LogP contribution in [0.4, 0.5) is 4.39 Å². The van der Waals surface area contributed by atoms with Crippen LogP contribution in [0, 0.1) is 5.82 Å². The van der Waals surface area contributed by atoms with Gasteiger partial charge in [0.2, 0.25) is 0 Å². The Hall–Kier alpha value is -2.40. The molecule has 0 aliphatic carbocycles. The van der Waals surface area contributed by atoms with Gasteiger partial charge in [-0.2, -0.15) is 5.10 Å². The van der Waals surface area contributed by atoms with Crippen molar-refractivity contribution >= 4 is 10.9 Å². The predicted molar refractivity (Wildman–Crippen MR) is 79.7 cm³/mol. The predicted octanol–water partition coefficient (Wildman–Crippen LogP) is 2.69. The summed E-state index contributed by atoms with van der Waals surface area (Å²) >= 11 is 0. The molecule has 0 atom stereocenters. The number of nitrogens with zero attached hydrogens (tertiary/aromatic N) is 2. The van der Waals surface area contributed by atoms with Crippen LogP contribution >= 0.6 is 0 Å². The van der Waals surface area contributed by atoms with E-state index in [1.165, 1.54) is 6.07 Å². The Bertz CT molecular complexity index is 782. The van der Waals surface area contributed by atoms with Gasteiger partial charge in [-0.05, 0) is 23.3 Å². The Morgan fingerprint density at radius 1 is 1.24 bits per heavy atom. The molecule has 0 fully saturated rings. The SMILES string of the molecule is COc1ccc(F)c2c1cnn2Cc1cccc(CN)c1. The van der Waals surface area contributed by atoms with Crippen molar-refractivity contribution in [3.63, 3.8) is 0 Å². The van der Waals surface area contributed by atoms with Crippen molar-refractivity contribution in [1.82, 2.24) is 9.78 Å².